The Hall–Kier alpha value is -2.39. The van der Waals surface area contributed by atoms with Gasteiger partial charge in [0.25, 0.3) is 0 Å². The molecule has 0 saturated carbocycles. The third-order valence-electron chi connectivity index (χ3n) is 2.60. The molecule has 0 fully saturated rings. The first kappa shape index (κ1) is 15.0. The first-order chi connectivity index (χ1) is 10.3. The van der Waals surface area contributed by atoms with Gasteiger partial charge in [0.15, 0.2) is 0 Å². The van der Waals surface area contributed by atoms with E-state index in [2.05, 4.69) is 16.8 Å². The molecule has 0 aliphatic heterocycles. The average molecular weight is 299 g/mol. The number of hydrogen-bond donors (Lipinski definition) is 0. The van der Waals surface area contributed by atoms with Crippen molar-refractivity contribution in [3.63, 3.8) is 0 Å². The molecule has 106 valence electrons. The molecule has 0 N–H and O–H groups in total. The third kappa shape index (κ3) is 5.24. The number of benzene rings is 2. The molecule has 4 heteroatoms. The largest absolute Gasteiger partial charge is 0.490 e. The molecule has 2 aromatic rings. The van der Waals surface area contributed by atoms with Gasteiger partial charge in [-0.25, -0.2) is 0 Å². The van der Waals surface area contributed by atoms with Crippen LogP contribution in [0.3, 0.4) is 0 Å². The van der Waals surface area contributed by atoms with Crippen LogP contribution >= 0.6 is 11.6 Å². The van der Waals surface area contributed by atoms with E-state index in [1.807, 2.05) is 48.5 Å². The van der Waals surface area contributed by atoms with E-state index in [1.165, 1.54) is 0 Å². The van der Waals surface area contributed by atoms with E-state index in [-0.39, 0.29) is 0 Å². The van der Waals surface area contributed by atoms with Crippen molar-refractivity contribution < 1.29 is 4.74 Å². The summed E-state index contributed by atoms with van der Waals surface area (Å²) in [7, 11) is 0. The highest BCUT2D eigenvalue weighted by atomic mass is 35.5. The highest BCUT2D eigenvalue weighted by molar-refractivity contribution is 6.30. The Labute approximate surface area is 129 Å². The molecule has 0 unspecified atom stereocenters. The highest BCUT2D eigenvalue weighted by Gasteiger charge is 1.92. The van der Waals surface area contributed by atoms with Gasteiger partial charge >= 0.3 is 0 Å². The van der Waals surface area contributed by atoms with Crippen LogP contribution in [-0.4, -0.2) is 19.0 Å². The molecule has 0 saturated heterocycles. The van der Waals surface area contributed by atoms with Crippen molar-refractivity contribution in [3.8, 4) is 5.75 Å². The summed E-state index contributed by atoms with van der Waals surface area (Å²) >= 11 is 5.81. The fourth-order valence-corrected chi connectivity index (χ4v) is 1.68. The maximum absolute atomic E-state index is 5.81. The Morgan fingerprint density at radius 1 is 0.905 bits per heavy atom. The Morgan fingerprint density at radius 2 is 1.43 bits per heavy atom. The second-order valence-electron chi connectivity index (χ2n) is 4.21. The quantitative estimate of drug-likeness (QED) is 0.443. The Kier molecular flexibility index (Phi) is 5.73. The third-order valence-corrected chi connectivity index (χ3v) is 2.85. The van der Waals surface area contributed by atoms with Crippen LogP contribution in [-0.2, 0) is 0 Å². The van der Waals surface area contributed by atoms with Gasteiger partial charge in [0, 0.05) is 5.02 Å². The number of hydrogen-bond acceptors (Lipinski definition) is 3. The van der Waals surface area contributed by atoms with Gasteiger partial charge in [-0.1, -0.05) is 36.4 Å². The zero-order chi connectivity index (χ0) is 14.9. The molecule has 3 nitrogen and oxygen atoms in total. The Balaban J connectivity index is 1.91. The molecule has 0 spiro atoms. The molecule has 21 heavy (non-hydrogen) atoms. The Morgan fingerprint density at radius 3 is 1.95 bits per heavy atom. The zero-order valence-electron chi connectivity index (χ0n) is 11.4. The lowest BCUT2D eigenvalue weighted by molar-refractivity contribution is 0.363. The van der Waals surface area contributed by atoms with Gasteiger partial charge in [-0.15, -0.1) is 0 Å². The fourth-order valence-electron chi connectivity index (χ4n) is 1.55. The van der Waals surface area contributed by atoms with Crippen molar-refractivity contribution in [1.29, 1.82) is 0 Å². The lowest BCUT2D eigenvalue weighted by Crippen LogP contribution is -1.92. The summed E-state index contributed by atoms with van der Waals surface area (Å²) in [6.07, 6.45) is 5.07. The molecule has 0 amide bonds. The van der Waals surface area contributed by atoms with Crippen molar-refractivity contribution in [2.45, 2.75) is 0 Å². The van der Waals surface area contributed by atoms with Crippen LogP contribution in [0.2, 0.25) is 5.02 Å². The van der Waals surface area contributed by atoms with Crippen LogP contribution in [0.25, 0.3) is 0 Å². The van der Waals surface area contributed by atoms with Crippen LogP contribution in [0.1, 0.15) is 11.1 Å². The van der Waals surface area contributed by atoms with Crippen molar-refractivity contribution >= 4 is 24.0 Å². The van der Waals surface area contributed by atoms with E-state index >= 15 is 0 Å². The Bertz CT molecular complexity index is 631. The number of halogens is 1. The summed E-state index contributed by atoms with van der Waals surface area (Å²) in [5.74, 6) is 0.803. The maximum atomic E-state index is 5.81. The maximum Gasteiger partial charge on any atom is 0.119 e. The van der Waals surface area contributed by atoms with E-state index in [1.54, 1.807) is 18.5 Å². The van der Waals surface area contributed by atoms with Gasteiger partial charge in [-0.05, 0) is 47.5 Å². The lowest BCUT2D eigenvalue weighted by atomic mass is 10.2. The fraction of sp³-hybridized carbons (Fsp3) is 0.0588. The molecule has 2 rings (SSSR count). The summed E-state index contributed by atoms with van der Waals surface area (Å²) in [5.41, 5.74) is 1.90. The minimum Gasteiger partial charge on any atom is -0.490 e. The number of nitrogens with zero attached hydrogens (tertiary/aromatic N) is 2. The van der Waals surface area contributed by atoms with E-state index in [0.29, 0.717) is 11.6 Å². The van der Waals surface area contributed by atoms with Gasteiger partial charge in [0.2, 0.25) is 0 Å². The van der Waals surface area contributed by atoms with Crippen LogP contribution in [0.5, 0.6) is 5.75 Å². The summed E-state index contributed by atoms with van der Waals surface area (Å²) in [5, 5.41) is 8.70. The minimum absolute atomic E-state index is 0.499. The molecule has 0 bridgehead atoms. The van der Waals surface area contributed by atoms with Crippen molar-refractivity contribution in [2.75, 3.05) is 6.61 Å². The van der Waals surface area contributed by atoms with Gasteiger partial charge < -0.3 is 4.74 Å². The molecule has 0 aromatic heterocycles. The van der Waals surface area contributed by atoms with E-state index in [9.17, 15) is 0 Å². The highest BCUT2D eigenvalue weighted by Crippen LogP contribution is 2.11. The zero-order valence-corrected chi connectivity index (χ0v) is 12.2. The molecule has 0 heterocycles. The minimum atomic E-state index is 0.499. The molecule has 2 aromatic carbocycles. The molecular weight excluding hydrogens is 284 g/mol. The SMILES string of the molecule is C=CCOc1ccc(/C=N/N=C/c2ccc(Cl)cc2)cc1. The predicted molar refractivity (Wildman–Crippen MR) is 88.8 cm³/mol. The smallest absolute Gasteiger partial charge is 0.119 e. The molecule has 0 radical (unpaired) electrons. The van der Waals surface area contributed by atoms with E-state index in [0.717, 1.165) is 16.9 Å². The average Bonchev–Trinajstić information content (AvgIpc) is 2.52. The second-order valence-corrected chi connectivity index (χ2v) is 4.65. The van der Waals surface area contributed by atoms with Crippen molar-refractivity contribution in [3.05, 3.63) is 77.3 Å². The normalized spacial score (nSPS) is 11.1. The van der Waals surface area contributed by atoms with Gasteiger partial charge in [0.1, 0.15) is 12.4 Å². The van der Waals surface area contributed by atoms with Gasteiger partial charge in [-0.3, -0.25) is 0 Å². The van der Waals surface area contributed by atoms with Crippen molar-refractivity contribution in [1.82, 2.24) is 0 Å². The molecule has 0 atom stereocenters. The van der Waals surface area contributed by atoms with Gasteiger partial charge in [-0.2, -0.15) is 10.2 Å². The van der Waals surface area contributed by atoms with Crippen LogP contribution < -0.4 is 4.74 Å². The molecule has 0 aliphatic carbocycles. The number of rotatable bonds is 6. The van der Waals surface area contributed by atoms with Gasteiger partial charge in [0.05, 0.1) is 12.4 Å². The standard InChI is InChI=1S/C17H15ClN2O/c1-2-11-21-17-9-5-15(6-10-17)13-20-19-12-14-3-7-16(18)8-4-14/h2-10,12-13H,1,11H2/b19-12+,20-13+. The summed E-state index contributed by atoms with van der Waals surface area (Å²) < 4.78 is 5.40. The predicted octanol–water partition coefficient (Wildman–Crippen LogP) is 4.36. The summed E-state index contributed by atoms with van der Waals surface area (Å²) in [6.45, 7) is 4.10. The summed E-state index contributed by atoms with van der Waals surface area (Å²) in [6, 6.07) is 15.0. The second kappa shape index (κ2) is 8.02. The van der Waals surface area contributed by atoms with E-state index in [4.69, 9.17) is 16.3 Å². The van der Waals surface area contributed by atoms with Crippen molar-refractivity contribution in [2.24, 2.45) is 10.2 Å². The topological polar surface area (TPSA) is 34.0 Å². The first-order valence-electron chi connectivity index (χ1n) is 6.43. The summed E-state index contributed by atoms with van der Waals surface area (Å²) in [4.78, 5) is 0. The number of ether oxygens (including phenoxy) is 1. The van der Waals surface area contributed by atoms with E-state index < -0.39 is 0 Å². The van der Waals surface area contributed by atoms with Crippen LogP contribution in [0.15, 0.2) is 71.4 Å². The lowest BCUT2D eigenvalue weighted by Gasteiger charge is -2.02. The molecular formula is C17H15ClN2O. The monoisotopic (exact) mass is 298 g/mol. The first-order valence-corrected chi connectivity index (χ1v) is 6.81. The van der Waals surface area contributed by atoms with Crippen LogP contribution in [0, 0.1) is 0 Å². The molecule has 0 aliphatic rings. The van der Waals surface area contributed by atoms with Crippen LogP contribution in [0.4, 0.5) is 0 Å².